The highest BCUT2D eigenvalue weighted by Gasteiger charge is 2.21. The predicted octanol–water partition coefficient (Wildman–Crippen LogP) is 14.3. The minimum Gasteiger partial charge on any atom is -0.456 e. The molecule has 0 unspecified atom stereocenters. The van der Waals surface area contributed by atoms with Crippen molar-refractivity contribution in [2.45, 2.75) is 0 Å². The maximum atomic E-state index is 6.77. The van der Waals surface area contributed by atoms with Gasteiger partial charge in [0.1, 0.15) is 22.3 Å². The average molecular weight is 717 g/mol. The van der Waals surface area contributed by atoms with E-state index in [9.17, 15) is 0 Å². The lowest BCUT2D eigenvalue weighted by Crippen LogP contribution is -1.97. The Hall–Kier alpha value is -7.56. The number of hydrogen-bond acceptors (Lipinski definition) is 4. The molecule has 4 nitrogen and oxygen atoms in total. The summed E-state index contributed by atoms with van der Waals surface area (Å²) in [7, 11) is 0. The van der Waals surface area contributed by atoms with Gasteiger partial charge in [0.05, 0.1) is 11.4 Å². The van der Waals surface area contributed by atoms with Crippen molar-refractivity contribution in [3.63, 3.8) is 0 Å². The number of fused-ring (bicyclic) bond motifs is 6. The van der Waals surface area contributed by atoms with E-state index >= 15 is 0 Å². The summed E-state index contributed by atoms with van der Waals surface area (Å²) in [6.45, 7) is 0. The van der Waals surface area contributed by atoms with Crippen LogP contribution in [0.2, 0.25) is 0 Å². The summed E-state index contributed by atoms with van der Waals surface area (Å²) < 4.78 is 13.0. The third-order valence-electron chi connectivity index (χ3n) is 10.7. The Kier molecular flexibility index (Phi) is 7.46. The smallest absolute Gasteiger partial charge is 0.160 e. The first-order chi connectivity index (χ1) is 27.7. The van der Waals surface area contributed by atoms with Gasteiger partial charge in [-0.1, -0.05) is 140 Å². The van der Waals surface area contributed by atoms with Crippen LogP contribution >= 0.6 is 0 Å². The Morgan fingerprint density at radius 2 is 0.839 bits per heavy atom. The Labute approximate surface area is 323 Å². The molecule has 0 aliphatic heterocycles. The molecule has 3 heterocycles. The van der Waals surface area contributed by atoms with E-state index in [0.717, 1.165) is 105 Å². The van der Waals surface area contributed by atoms with Crippen LogP contribution in [0.25, 0.3) is 111 Å². The van der Waals surface area contributed by atoms with Gasteiger partial charge < -0.3 is 8.83 Å². The minimum absolute atomic E-state index is 0.659. The highest BCUT2D eigenvalue weighted by Crippen LogP contribution is 2.44. The number of rotatable bonds is 6. The average Bonchev–Trinajstić information content (AvgIpc) is 3.85. The topological polar surface area (TPSA) is 52.1 Å². The van der Waals surface area contributed by atoms with Crippen LogP contribution < -0.4 is 0 Å². The molecule has 0 saturated carbocycles. The van der Waals surface area contributed by atoms with Crippen LogP contribution in [-0.2, 0) is 0 Å². The van der Waals surface area contributed by atoms with E-state index in [1.54, 1.807) is 0 Å². The molecule has 11 rings (SSSR count). The van der Waals surface area contributed by atoms with Crippen molar-refractivity contribution in [3.05, 3.63) is 194 Å². The van der Waals surface area contributed by atoms with Crippen molar-refractivity contribution in [1.29, 1.82) is 0 Å². The van der Waals surface area contributed by atoms with Crippen LogP contribution in [-0.4, -0.2) is 9.97 Å². The van der Waals surface area contributed by atoms with Crippen LogP contribution in [0.5, 0.6) is 0 Å². The Bertz CT molecular complexity index is 3180. The van der Waals surface area contributed by atoms with Gasteiger partial charge in [-0.05, 0) is 82.4 Å². The molecule has 0 N–H and O–H groups in total. The standard InChI is InChI=1S/C52H32N2O2/c1-4-14-33(15-5-1)37-28-38(34-16-6-2-7-17-34)30-39(29-37)45-32-46(54-52(53-45)35-18-8-3-9-19-35)42-26-25-40(51-50(42)43-21-11-13-23-48(43)56-51)36-24-27-49-44(31-36)41-20-10-12-22-47(41)55-49/h1-32H. The lowest BCUT2D eigenvalue weighted by molar-refractivity contribution is 0.668. The number of para-hydroxylation sites is 2. The molecule has 262 valence electrons. The van der Waals surface area contributed by atoms with Crippen molar-refractivity contribution in [3.8, 4) is 67.3 Å². The van der Waals surface area contributed by atoms with E-state index < -0.39 is 0 Å². The number of hydrogen-bond donors (Lipinski definition) is 0. The summed E-state index contributed by atoms with van der Waals surface area (Å²) in [6, 6.07) is 67.4. The predicted molar refractivity (Wildman–Crippen MR) is 229 cm³/mol. The molecule has 0 fully saturated rings. The zero-order valence-corrected chi connectivity index (χ0v) is 30.2. The zero-order valence-electron chi connectivity index (χ0n) is 30.2. The largest absolute Gasteiger partial charge is 0.456 e. The monoisotopic (exact) mass is 716 g/mol. The van der Waals surface area contributed by atoms with E-state index in [2.05, 4.69) is 152 Å². The molecule has 8 aromatic carbocycles. The summed E-state index contributed by atoms with van der Waals surface area (Å²) >= 11 is 0. The molecule has 0 saturated heterocycles. The lowest BCUT2D eigenvalue weighted by atomic mass is 9.93. The summed E-state index contributed by atoms with van der Waals surface area (Å²) in [6.07, 6.45) is 0. The molecule has 0 spiro atoms. The Morgan fingerprint density at radius 3 is 1.54 bits per heavy atom. The number of nitrogens with zero attached hydrogens (tertiary/aromatic N) is 2. The van der Waals surface area contributed by atoms with Crippen LogP contribution in [0.1, 0.15) is 0 Å². The maximum Gasteiger partial charge on any atom is 0.160 e. The van der Waals surface area contributed by atoms with Gasteiger partial charge in [0.15, 0.2) is 5.82 Å². The SMILES string of the molecule is c1ccc(-c2cc(-c3ccccc3)cc(-c3cc(-c4ccc(-c5ccc6oc7ccccc7c6c5)c5oc6ccccc6c45)nc(-c4ccccc4)n3)c2)cc1. The van der Waals surface area contributed by atoms with Gasteiger partial charge in [0.25, 0.3) is 0 Å². The van der Waals surface area contributed by atoms with Crippen molar-refractivity contribution >= 4 is 43.9 Å². The highest BCUT2D eigenvalue weighted by molar-refractivity contribution is 6.17. The third-order valence-corrected chi connectivity index (χ3v) is 10.7. The van der Waals surface area contributed by atoms with Crippen molar-refractivity contribution < 1.29 is 8.83 Å². The molecule has 0 aliphatic rings. The van der Waals surface area contributed by atoms with Gasteiger partial charge in [0.2, 0.25) is 0 Å². The molecular weight excluding hydrogens is 685 g/mol. The number of aromatic nitrogens is 2. The van der Waals surface area contributed by atoms with Gasteiger partial charge in [-0.25, -0.2) is 9.97 Å². The van der Waals surface area contributed by atoms with Crippen LogP contribution in [0.3, 0.4) is 0 Å². The van der Waals surface area contributed by atoms with E-state index in [0.29, 0.717) is 5.82 Å². The Balaban J connectivity index is 1.15. The molecule has 56 heavy (non-hydrogen) atoms. The lowest BCUT2D eigenvalue weighted by Gasteiger charge is -2.14. The van der Waals surface area contributed by atoms with Crippen molar-refractivity contribution in [1.82, 2.24) is 9.97 Å². The first kappa shape index (κ1) is 31.9. The summed E-state index contributed by atoms with van der Waals surface area (Å²) in [5.41, 5.74) is 14.6. The molecule has 0 atom stereocenters. The minimum atomic E-state index is 0.659. The molecule has 11 aromatic rings. The molecule has 4 heteroatoms. The summed E-state index contributed by atoms with van der Waals surface area (Å²) in [4.78, 5) is 10.6. The van der Waals surface area contributed by atoms with Crippen molar-refractivity contribution in [2.75, 3.05) is 0 Å². The maximum absolute atomic E-state index is 6.77. The van der Waals surface area contributed by atoms with Gasteiger partial charge in [0, 0.05) is 43.8 Å². The fourth-order valence-corrected chi connectivity index (χ4v) is 7.98. The third kappa shape index (κ3) is 5.47. The van der Waals surface area contributed by atoms with Crippen LogP contribution in [0.15, 0.2) is 203 Å². The van der Waals surface area contributed by atoms with Crippen LogP contribution in [0, 0.1) is 0 Å². The molecule has 3 aromatic heterocycles. The fourth-order valence-electron chi connectivity index (χ4n) is 7.98. The molecule has 0 amide bonds. The van der Waals surface area contributed by atoms with Gasteiger partial charge in [-0.15, -0.1) is 0 Å². The second-order valence-corrected chi connectivity index (χ2v) is 14.1. The fraction of sp³-hybridized carbons (Fsp3) is 0. The quantitative estimate of drug-likeness (QED) is 0.172. The first-order valence-corrected chi connectivity index (χ1v) is 18.8. The Morgan fingerprint density at radius 1 is 0.304 bits per heavy atom. The summed E-state index contributed by atoms with van der Waals surface area (Å²) in [5.74, 6) is 0.659. The van der Waals surface area contributed by atoms with E-state index in [-0.39, 0.29) is 0 Å². The molecule has 0 bridgehead atoms. The van der Waals surface area contributed by atoms with Crippen molar-refractivity contribution in [2.24, 2.45) is 0 Å². The summed E-state index contributed by atoms with van der Waals surface area (Å²) in [5, 5.41) is 4.22. The number of furan rings is 2. The van der Waals surface area contributed by atoms with Gasteiger partial charge in [-0.3, -0.25) is 0 Å². The van der Waals surface area contributed by atoms with Crippen LogP contribution in [0.4, 0.5) is 0 Å². The second kappa shape index (κ2) is 13.1. The molecular formula is C52H32N2O2. The molecule has 0 radical (unpaired) electrons. The van der Waals surface area contributed by atoms with E-state index in [1.165, 1.54) is 0 Å². The van der Waals surface area contributed by atoms with E-state index in [1.807, 2.05) is 42.5 Å². The zero-order chi connectivity index (χ0) is 37.0. The van der Waals surface area contributed by atoms with Gasteiger partial charge >= 0.3 is 0 Å². The number of benzene rings is 8. The molecule has 0 aliphatic carbocycles. The second-order valence-electron chi connectivity index (χ2n) is 14.1. The highest BCUT2D eigenvalue weighted by atomic mass is 16.3. The van der Waals surface area contributed by atoms with Gasteiger partial charge in [-0.2, -0.15) is 0 Å². The first-order valence-electron chi connectivity index (χ1n) is 18.8. The normalized spacial score (nSPS) is 11.6. The van der Waals surface area contributed by atoms with E-state index in [4.69, 9.17) is 18.8 Å².